The normalized spacial score (nSPS) is 30.7. The van der Waals surface area contributed by atoms with Crippen molar-refractivity contribution in [2.45, 2.75) is 19.6 Å². The van der Waals surface area contributed by atoms with E-state index in [0.29, 0.717) is 0 Å². The molecule has 0 amide bonds. The van der Waals surface area contributed by atoms with Gasteiger partial charge >= 0.3 is 0 Å². The molecule has 0 aliphatic carbocycles. The monoisotopic (exact) mass is 275 g/mol. The number of hydrogen-bond donors (Lipinski definition) is 0. The van der Waals surface area contributed by atoms with Gasteiger partial charge in [-0.15, -0.1) is 11.8 Å². The molecule has 0 aromatic rings. The van der Waals surface area contributed by atoms with Crippen molar-refractivity contribution >= 4 is 29.6 Å². The molecule has 1 rings (SSSR count). The summed E-state index contributed by atoms with van der Waals surface area (Å²) in [6, 6.07) is 0. The Hall–Kier alpha value is -0.290. The minimum absolute atomic E-state index is 0.244. The Kier molecular flexibility index (Phi) is 6.27. The molecule has 0 radical (unpaired) electrons. The molecular formula is C12H18ClNO2S. The molecule has 96 valence electrons. The third-order valence-corrected chi connectivity index (χ3v) is 3.86. The van der Waals surface area contributed by atoms with Gasteiger partial charge in [-0.1, -0.05) is 24.6 Å². The molecular weight excluding hydrogens is 258 g/mol. The van der Waals surface area contributed by atoms with Gasteiger partial charge in [-0.2, -0.15) is 0 Å². The first kappa shape index (κ1) is 14.8. The quantitative estimate of drug-likeness (QED) is 0.737. The number of allylic oxidation sites excluding steroid dienone is 2. The maximum Gasteiger partial charge on any atom is 0.185 e. The summed E-state index contributed by atoms with van der Waals surface area (Å²) in [6.07, 6.45) is 6.24. The molecule has 0 fully saturated rings. The topological polar surface area (TPSA) is 30.8 Å². The predicted octanol–water partition coefficient (Wildman–Crippen LogP) is 3.41. The molecule has 17 heavy (non-hydrogen) atoms. The fourth-order valence-corrected chi connectivity index (χ4v) is 2.22. The van der Waals surface area contributed by atoms with Gasteiger partial charge in [-0.25, -0.2) is 4.99 Å². The molecule has 0 saturated heterocycles. The molecule has 0 saturated carbocycles. The second kappa shape index (κ2) is 7.21. The Bertz CT molecular complexity index is 348. The van der Waals surface area contributed by atoms with E-state index in [4.69, 9.17) is 21.1 Å². The molecule has 0 bridgehead atoms. The summed E-state index contributed by atoms with van der Waals surface area (Å²) in [5.74, 6) is 0.244. The van der Waals surface area contributed by atoms with Gasteiger partial charge < -0.3 is 9.47 Å². The van der Waals surface area contributed by atoms with Crippen LogP contribution in [0.15, 0.2) is 26.7 Å². The van der Waals surface area contributed by atoms with Crippen molar-refractivity contribution in [2.24, 2.45) is 10.9 Å². The van der Waals surface area contributed by atoms with Gasteiger partial charge in [-0.3, -0.25) is 0 Å². The van der Waals surface area contributed by atoms with Crippen LogP contribution in [-0.2, 0) is 9.47 Å². The number of methoxy groups -OCH3 is 2. The molecule has 1 unspecified atom stereocenters. The van der Waals surface area contributed by atoms with Crippen LogP contribution in [0.5, 0.6) is 0 Å². The van der Waals surface area contributed by atoms with E-state index >= 15 is 0 Å². The summed E-state index contributed by atoms with van der Waals surface area (Å²) in [5, 5.41) is 1.74. The second-order valence-electron chi connectivity index (χ2n) is 3.75. The van der Waals surface area contributed by atoms with Crippen LogP contribution >= 0.6 is 23.4 Å². The van der Waals surface area contributed by atoms with Crippen LogP contribution < -0.4 is 0 Å². The lowest BCUT2D eigenvalue weighted by Gasteiger charge is -2.20. The minimum Gasteiger partial charge on any atom is -0.352 e. The van der Waals surface area contributed by atoms with E-state index in [9.17, 15) is 0 Å². The van der Waals surface area contributed by atoms with Crippen LogP contribution in [-0.4, -0.2) is 33.0 Å². The molecule has 0 aromatic heterocycles. The number of halogens is 1. The predicted molar refractivity (Wildman–Crippen MR) is 74.6 cm³/mol. The summed E-state index contributed by atoms with van der Waals surface area (Å²) >= 11 is 7.96. The summed E-state index contributed by atoms with van der Waals surface area (Å²) in [6.45, 7) is 2.08. The zero-order valence-electron chi connectivity index (χ0n) is 10.6. The Labute approximate surface area is 112 Å². The van der Waals surface area contributed by atoms with E-state index in [0.717, 1.165) is 22.1 Å². The van der Waals surface area contributed by atoms with Crippen LogP contribution in [0.2, 0.25) is 0 Å². The van der Waals surface area contributed by atoms with E-state index in [1.165, 1.54) is 0 Å². The molecule has 1 atom stereocenters. The average Bonchev–Trinajstić information content (AvgIpc) is 2.35. The van der Waals surface area contributed by atoms with Crippen molar-refractivity contribution in [2.75, 3.05) is 20.5 Å². The first-order valence-electron chi connectivity index (χ1n) is 5.37. The fraction of sp³-hybridized carbons (Fsp3) is 0.583. The number of aliphatic imine (C=N–C) groups is 1. The van der Waals surface area contributed by atoms with Crippen molar-refractivity contribution in [3.05, 3.63) is 21.7 Å². The molecule has 3 nitrogen and oxygen atoms in total. The van der Waals surface area contributed by atoms with Gasteiger partial charge in [0.2, 0.25) is 0 Å². The average molecular weight is 276 g/mol. The standard InChI is InChI=1S/C12H18ClNO2S/c1-8-5-6-10(17-4)14-7-9(11(8)13)12(15-2)16-3/h6-8,12H,5H2,1-4H3/b10-6-,11-9-,14-7-. The van der Waals surface area contributed by atoms with Crippen molar-refractivity contribution in [3.8, 4) is 0 Å². The van der Waals surface area contributed by atoms with Crippen LogP contribution in [0, 0.1) is 5.92 Å². The number of rotatable bonds is 4. The smallest absolute Gasteiger partial charge is 0.185 e. The lowest BCUT2D eigenvalue weighted by Crippen LogP contribution is -2.20. The third-order valence-electron chi connectivity index (χ3n) is 2.58. The fourth-order valence-electron chi connectivity index (χ4n) is 1.57. The lowest BCUT2D eigenvalue weighted by atomic mass is 10.0. The van der Waals surface area contributed by atoms with Crippen molar-refractivity contribution < 1.29 is 9.47 Å². The van der Waals surface area contributed by atoms with Crippen molar-refractivity contribution in [1.82, 2.24) is 0 Å². The third kappa shape index (κ3) is 3.85. The molecule has 5 heteroatoms. The van der Waals surface area contributed by atoms with Gasteiger partial charge in [-0.05, 0) is 18.6 Å². The second-order valence-corrected chi connectivity index (χ2v) is 4.98. The summed E-state index contributed by atoms with van der Waals surface area (Å²) in [7, 11) is 3.18. The Morgan fingerprint density at radius 2 is 2.12 bits per heavy atom. The first-order valence-corrected chi connectivity index (χ1v) is 6.97. The minimum atomic E-state index is -0.463. The van der Waals surface area contributed by atoms with E-state index in [2.05, 4.69) is 18.0 Å². The van der Waals surface area contributed by atoms with E-state index < -0.39 is 6.29 Å². The number of nitrogens with zero attached hydrogens (tertiary/aromatic N) is 1. The van der Waals surface area contributed by atoms with Gasteiger partial charge in [0.05, 0.1) is 5.03 Å². The summed E-state index contributed by atoms with van der Waals surface area (Å²) < 4.78 is 10.5. The highest BCUT2D eigenvalue weighted by Gasteiger charge is 2.20. The number of ether oxygens (including phenoxy) is 2. The van der Waals surface area contributed by atoms with Gasteiger partial charge in [0.25, 0.3) is 0 Å². The highest BCUT2D eigenvalue weighted by Crippen LogP contribution is 2.29. The maximum absolute atomic E-state index is 6.35. The lowest BCUT2D eigenvalue weighted by molar-refractivity contribution is -0.0711. The summed E-state index contributed by atoms with van der Waals surface area (Å²) in [4.78, 5) is 4.38. The van der Waals surface area contributed by atoms with Crippen LogP contribution in [0.25, 0.3) is 0 Å². The van der Waals surface area contributed by atoms with E-state index in [1.54, 1.807) is 32.2 Å². The molecule has 0 aromatic carbocycles. The maximum atomic E-state index is 6.35. The molecule has 0 N–H and O–H groups in total. The molecule has 1 heterocycles. The number of thioether (sulfide) groups is 1. The Balaban J connectivity index is 3.09. The molecule has 1 aliphatic heterocycles. The molecule has 1 aliphatic rings. The van der Waals surface area contributed by atoms with Crippen LogP contribution in [0.1, 0.15) is 13.3 Å². The highest BCUT2D eigenvalue weighted by atomic mass is 35.5. The first-order chi connectivity index (χ1) is 8.13. The zero-order chi connectivity index (χ0) is 12.8. The van der Waals surface area contributed by atoms with Crippen molar-refractivity contribution in [1.29, 1.82) is 0 Å². The Morgan fingerprint density at radius 1 is 1.47 bits per heavy atom. The number of hydrogen-bond acceptors (Lipinski definition) is 4. The van der Waals surface area contributed by atoms with Gasteiger partial charge in [0.15, 0.2) is 6.29 Å². The van der Waals surface area contributed by atoms with Crippen molar-refractivity contribution in [3.63, 3.8) is 0 Å². The van der Waals surface area contributed by atoms with E-state index in [1.807, 2.05) is 6.26 Å². The summed E-state index contributed by atoms with van der Waals surface area (Å²) in [5.41, 5.74) is 0.795. The highest BCUT2D eigenvalue weighted by molar-refractivity contribution is 8.02. The zero-order valence-corrected chi connectivity index (χ0v) is 12.1. The SMILES string of the molecule is COC(OC)C1=C(\Cl)C(C)C/C=C(SC)/N=C\1. The largest absolute Gasteiger partial charge is 0.352 e. The van der Waals surface area contributed by atoms with Crippen LogP contribution in [0.3, 0.4) is 0 Å². The van der Waals surface area contributed by atoms with Gasteiger partial charge in [0.1, 0.15) is 0 Å². The van der Waals surface area contributed by atoms with E-state index in [-0.39, 0.29) is 5.92 Å². The Morgan fingerprint density at radius 3 is 2.65 bits per heavy atom. The van der Waals surface area contributed by atoms with Crippen LogP contribution in [0.4, 0.5) is 0 Å². The molecule has 0 spiro atoms. The van der Waals surface area contributed by atoms with Gasteiger partial charge in [0, 0.05) is 31.0 Å².